The first-order chi connectivity index (χ1) is 9.74. The highest BCUT2D eigenvalue weighted by Crippen LogP contribution is 2.19. The Morgan fingerprint density at radius 1 is 1.15 bits per heavy atom. The van der Waals surface area contributed by atoms with Crippen LogP contribution in [0.2, 0.25) is 0 Å². The zero-order chi connectivity index (χ0) is 14.5. The van der Waals surface area contributed by atoms with Gasteiger partial charge >= 0.3 is 0 Å². The molecule has 0 radical (unpaired) electrons. The third-order valence-electron chi connectivity index (χ3n) is 3.48. The van der Waals surface area contributed by atoms with Gasteiger partial charge in [0.15, 0.2) is 0 Å². The summed E-state index contributed by atoms with van der Waals surface area (Å²) < 4.78 is 3.99. The first-order valence-corrected chi connectivity index (χ1v) is 7.78. The van der Waals surface area contributed by atoms with Crippen molar-refractivity contribution >= 4 is 11.6 Å². The fourth-order valence-corrected chi connectivity index (χ4v) is 2.81. The van der Waals surface area contributed by atoms with E-state index >= 15 is 0 Å². The molecule has 0 aliphatic rings. The van der Waals surface area contributed by atoms with E-state index in [4.69, 9.17) is 16.7 Å². The molecule has 0 atom stereocenters. The van der Waals surface area contributed by atoms with Gasteiger partial charge in [-0.3, -0.25) is 4.68 Å². The van der Waals surface area contributed by atoms with Gasteiger partial charge in [-0.1, -0.05) is 20.8 Å². The lowest BCUT2D eigenvalue weighted by molar-refractivity contribution is 0.529. The summed E-state index contributed by atoms with van der Waals surface area (Å²) in [7, 11) is 0. The molecule has 6 heteroatoms. The summed E-state index contributed by atoms with van der Waals surface area (Å²) in [5, 5.41) is 8.96. The van der Waals surface area contributed by atoms with Gasteiger partial charge in [-0.2, -0.15) is 10.2 Å². The molecule has 0 spiro atoms. The molecule has 0 aromatic carbocycles. The molecule has 0 aliphatic carbocycles. The Morgan fingerprint density at radius 2 is 1.95 bits per heavy atom. The summed E-state index contributed by atoms with van der Waals surface area (Å²) in [4.78, 5) is 4.35. The molecule has 0 bridgehead atoms. The van der Waals surface area contributed by atoms with E-state index < -0.39 is 0 Å². The van der Waals surface area contributed by atoms with Gasteiger partial charge in [-0.05, 0) is 19.3 Å². The maximum atomic E-state index is 6.08. The monoisotopic (exact) mass is 295 g/mol. The molecule has 0 fully saturated rings. The SMILES string of the molecule is CCCn1ncnc1Cn1nc(CC)c(CCl)c1CC. The maximum absolute atomic E-state index is 6.08. The third-order valence-corrected chi connectivity index (χ3v) is 3.74. The number of aryl methyl sites for hydroxylation is 2. The Bertz CT molecular complexity index is 558. The lowest BCUT2D eigenvalue weighted by atomic mass is 10.1. The summed E-state index contributed by atoms with van der Waals surface area (Å²) in [6.07, 6.45) is 4.49. The van der Waals surface area contributed by atoms with Crippen molar-refractivity contribution in [2.45, 2.75) is 59.0 Å². The van der Waals surface area contributed by atoms with E-state index in [9.17, 15) is 0 Å². The molecule has 110 valence electrons. The minimum atomic E-state index is 0.522. The van der Waals surface area contributed by atoms with E-state index in [1.165, 1.54) is 11.3 Å². The fourth-order valence-electron chi connectivity index (χ4n) is 2.50. The Morgan fingerprint density at radius 3 is 2.55 bits per heavy atom. The molecule has 0 saturated carbocycles. The number of hydrogen-bond donors (Lipinski definition) is 0. The molecule has 0 saturated heterocycles. The lowest BCUT2D eigenvalue weighted by Gasteiger charge is -2.08. The Kier molecular flexibility index (Phi) is 5.17. The molecule has 2 aromatic rings. The first kappa shape index (κ1) is 15.0. The van der Waals surface area contributed by atoms with E-state index in [1.54, 1.807) is 6.33 Å². The topological polar surface area (TPSA) is 48.5 Å². The molecule has 2 heterocycles. The second-order valence-electron chi connectivity index (χ2n) is 4.77. The third kappa shape index (κ3) is 2.87. The number of halogens is 1. The van der Waals surface area contributed by atoms with Crippen LogP contribution in [0.1, 0.15) is 50.0 Å². The molecule has 20 heavy (non-hydrogen) atoms. The smallest absolute Gasteiger partial charge is 0.148 e. The van der Waals surface area contributed by atoms with E-state index in [0.717, 1.165) is 37.3 Å². The van der Waals surface area contributed by atoms with Crippen molar-refractivity contribution in [3.63, 3.8) is 0 Å². The van der Waals surface area contributed by atoms with Crippen molar-refractivity contribution < 1.29 is 0 Å². The summed E-state index contributed by atoms with van der Waals surface area (Å²) in [6, 6.07) is 0. The summed E-state index contributed by atoms with van der Waals surface area (Å²) in [5.41, 5.74) is 3.49. The number of alkyl halides is 1. The van der Waals surface area contributed by atoms with Crippen LogP contribution < -0.4 is 0 Å². The molecule has 2 aromatic heterocycles. The molecule has 5 nitrogen and oxygen atoms in total. The highest BCUT2D eigenvalue weighted by molar-refractivity contribution is 6.17. The van der Waals surface area contributed by atoms with Crippen LogP contribution in [-0.2, 0) is 31.8 Å². The van der Waals surface area contributed by atoms with E-state index in [1.807, 2.05) is 9.36 Å². The molecule has 0 unspecified atom stereocenters. The van der Waals surface area contributed by atoms with Crippen LogP contribution in [0.15, 0.2) is 6.33 Å². The van der Waals surface area contributed by atoms with Gasteiger partial charge in [0, 0.05) is 17.8 Å². The molecular weight excluding hydrogens is 274 g/mol. The second kappa shape index (κ2) is 6.88. The first-order valence-electron chi connectivity index (χ1n) is 7.25. The van der Waals surface area contributed by atoms with Crippen molar-refractivity contribution in [3.8, 4) is 0 Å². The predicted molar refractivity (Wildman–Crippen MR) is 80.0 cm³/mol. The van der Waals surface area contributed by atoms with Gasteiger partial charge in [0.2, 0.25) is 0 Å². The van der Waals surface area contributed by atoms with Gasteiger partial charge in [0.1, 0.15) is 18.7 Å². The van der Waals surface area contributed by atoms with Gasteiger partial charge in [0.05, 0.1) is 11.6 Å². The second-order valence-corrected chi connectivity index (χ2v) is 5.04. The maximum Gasteiger partial charge on any atom is 0.148 e. The molecule has 0 aliphatic heterocycles. The van der Waals surface area contributed by atoms with Crippen LogP contribution in [0, 0.1) is 0 Å². The van der Waals surface area contributed by atoms with Crippen LogP contribution in [-0.4, -0.2) is 24.5 Å². The number of nitrogens with zero attached hydrogens (tertiary/aromatic N) is 5. The van der Waals surface area contributed by atoms with Crippen molar-refractivity contribution in [1.29, 1.82) is 0 Å². The minimum absolute atomic E-state index is 0.522. The van der Waals surface area contributed by atoms with Crippen molar-refractivity contribution in [2.24, 2.45) is 0 Å². The van der Waals surface area contributed by atoms with Gasteiger partial charge in [-0.15, -0.1) is 11.6 Å². The lowest BCUT2D eigenvalue weighted by Crippen LogP contribution is -2.13. The van der Waals surface area contributed by atoms with Gasteiger partial charge in [-0.25, -0.2) is 9.67 Å². The van der Waals surface area contributed by atoms with Gasteiger partial charge < -0.3 is 0 Å². The molecular formula is C14H22ClN5. The zero-order valence-corrected chi connectivity index (χ0v) is 13.2. The normalized spacial score (nSPS) is 11.2. The van der Waals surface area contributed by atoms with E-state index in [-0.39, 0.29) is 0 Å². The van der Waals surface area contributed by atoms with Crippen molar-refractivity contribution in [1.82, 2.24) is 24.5 Å². The van der Waals surface area contributed by atoms with Crippen LogP contribution in [0.5, 0.6) is 0 Å². The largest absolute Gasteiger partial charge is 0.261 e. The summed E-state index contributed by atoms with van der Waals surface area (Å²) >= 11 is 6.08. The number of rotatable bonds is 7. The molecule has 2 rings (SSSR count). The van der Waals surface area contributed by atoms with E-state index in [0.29, 0.717) is 12.4 Å². The quantitative estimate of drug-likeness (QED) is 0.738. The molecule has 0 N–H and O–H groups in total. The minimum Gasteiger partial charge on any atom is -0.261 e. The fraction of sp³-hybridized carbons (Fsp3) is 0.643. The standard InChI is InChI=1S/C14H22ClN5/c1-4-7-19-14(16-10-17-19)9-20-13(6-3)11(8-15)12(5-2)18-20/h10H,4-9H2,1-3H3. The van der Waals surface area contributed by atoms with Gasteiger partial charge in [0.25, 0.3) is 0 Å². The Hall–Kier alpha value is -1.36. The van der Waals surface area contributed by atoms with Crippen LogP contribution in [0.3, 0.4) is 0 Å². The predicted octanol–water partition coefficient (Wildman–Crippen LogP) is 2.80. The highest BCUT2D eigenvalue weighted by Gasteiger charge is 2.16. The average molecular weight is 296 g/mol. The van der Waals surface area contributed by atoms with Crippen molar-refractivity contribution in [3.05, 3.63) is 29.1 Å². The molecule has 0 amide bonds. The zero-order valence-electron chi connectivity index (χ0n) is 12.4. The van der Waals surface area contributed by atoms with Crippen LogP contribution in [0.25, 0.3) is 0 Å². The van der Waals surface area contributed by atoms with Crippen LogP contribution in [0.4, 0.5) is 0 Å². The van der Waals surface area contributed by atoms with Crippen molar-refractivity contribution in [2.75, 3.05) is 0 Å². The average Bonchev–Trinajstić information content (AvgIpc) is 3.03. The number of hydrogen-bond acceptors (Lipinski definition) is 3. The van der Waals surface area contributed by atoms with Crippen LogP contribution >= 0.6 is 11.6 Å². The Balaban J connectivity index is 2.33. The van der Waals surface area contributed by atoms with E-state index in [2.05, 4.69) is 30.9 Å². The summed E-state index contributed by atoms with van der Waals surface area (Å²) in [5.74, 6) is 1.47. The number of aromatic nitrogens is 5. The highest BCUT2D eigenvalue weighted by atomic mass is 35.5. The Labute approximate surface area is 125 Å². The summed E-state index contributed by atoms with van der Waals surface area (Å²) in [6.45, 7) is 7.94.